The Balaban J connectivity index is 2.99. The van der Waals surface area contributed by atoms with Crippen LogP contribution in [0.25, 0.3) is 10.9 Å². The van der Waals surface area contributed by atoms with Crippen molar-refractivity contribution in [3.63, 3.8) is 0 Å². The molecule has 0 aliphatic carbocycles. The van der Waals surface area contributed by atoms with Gasteiger partial charge in [-0.25, -0.2) is 4.57 Å². The van der Waals surface area contributed by atoms with Gasteiger partial charge in [-0.05, 0) is 24.4 Å². The van der Waals surface area contributed by atoms with E-state index < -0.39 is 5.56 Å². The number of benzene rings is 1. The molecule has 2 aromatic rings. The summed E-state index contributed by atoms with van der Waals surface area (Å²) in [6, 6.07) is 2.96. The van der Waals surface area contributed by atoms with Gasteiger partial charge in [0.1, 0.15) is 0 Å². The highest BCUT2D eigenvalue weighted by molar-refractivity contribution is 7.71. The predicted octanol–water partition coefficient (Wildman–Crippen LogP) is 3.42. The lowest BCUT2D eigenvalue weighted by Gasteiger charge is -2.07. The molecule has 0 unspecified atom stereocenters. The molecule has 0 aliphatic rings. The average molecular weight is 303 g/mol. The lowest BCUT2D eigenvalue weighted by molar-refractivity contribution is 0.0902. The number of nitrogens with zero attached hydrogens (tertiary/aromatic N) is 1. The van der Waals surface area contributed by atoms with Crippen LogP contribution in [0.4, 0.5) is 0 Å². The highest BCUT2D eigenvalue weighted by atomic mass is 35.5. The zero-order valence-corrected chi connectivity index (χ0v) is 11.6. The van der Waals surface area contributed by atoms with E-state index in [0.717, 1.165) is 4.57 Å². The smallest absolute Gasteiger partial charge is 0.269 e. The summed E-state index contributed by atoms with van der Waals surface area (Å²) in [5, 5.41) is 0.852. The minimum atomic E-state index is -0.509. The van der Waals surface area contributed by atoms with Crippen LogP contribution >= 0.6 is 35.4 Å². The van der Waals surface area contributed by atoms with Gasteiger partial charge in [-0.2, -0.15) is 0 Å². The van der Waals surface area contributed by atoms with Crippen molar-refractivity contribution in [2.45, 2.75) is 13.3 Å². The third-order valence-electron chi connectivity index (χ3n) is 2.48. The molecule has 0 saturated heterocycles. The molecule has 0 amide bonds. The standard InChI is InChI=1S/C11H8Cl2N2O2S/c1-2-8(16)15-10(17)6-3-5(12)4-7(13)9(6)14-11(15)18/h3-4H,2H2,1H3,(H,14,18). The highest BCUT2D eigenvalue weighted by Crippen LogP contribution is 2.24. The second-order valence-electron chi connectivity index (χ2n) is 3.63. The van der Waals surface area contributed by atoms with Crippen LogP contribution in [0.1, 0.15) is 18.1 Å². The fourth-order valence-electron chi connectivity index (χ4n) is 1.63. The van der Waals surface area contributed by atoms with Crippen molar-refractivity contribution in [1.82, 2.24) is 9.55 Å². The molecular formula is C11H8Cl2N2O2S. The van der Waals surface area contributed by atoms with E-state index in [1.165, 1.54) is 12.1 Å². The molecule has 94 valence electrons. The number of hydrogen-bond donors (Lipinski definition) is 1. The van der Waals surface area contributed by atoms with Crippen molar-refractivity contribution >= 4 is 52.2 Å². The number of aromatic nitrogens is 2. The minimum absolute atomic E-state index is 0.0311. The molecule has 0 atom stereocenters. The van der Waals surface area contributed by atoms with Crippen molar-refractivity contribution in [3.8, 4) is 0 Å². The Bertz CT molecular complexity index is 764. The summed E-state index contributed by atoms with van der Waals surface area (Å²) in [5.74, 6) is -0.376. The first-order valence-electron chi connectivity index (χ1n) is 5.13. The Morgan fingerprint density at radius 3 is 2.72 bits per heavy atom. The van der Waals surface area contributed by atoms with Gasteiger partial charge >= 0.3 is 0 Å². The molecule has 0 spiro atoms. The minimum Gasteiger partial charge on any atom is -0.330 e. The van der Waals surface area contributed by atoms with Gasteiger partial charge in [-0.1, -0.05) is 30.1 Å². The summed E-state index contributed by atoms with van der Waals surface area (Å²) in [6.07, 6.45) is 0.178. The maximum atomic E-state index is 12.2. The third kappa shape index (κ3) is 2.09. The second-order valence-corrected chi connectivity index (χ2v) is 4.86. The Kier molecular flexibility index (Phi) is 3.56. The van der Waals surface area contributed by atoms with E-state index in [0.29, 0.717) is 10.5 Å². The molecule has 0 radical (unpaired) electrons. The maximum absolute atomic E-state index is 12.2. The normalized spacial score (nSPS) is 10.8. The van der Waals surface area contributed by atoms with Crippen molar-refractivity contribution in [2.24, 2.45) is 0 Å². The van der Waals surface area contributed by atoms with Crippen LogP contribution in [0, 0.1) is 4.77 Å². The van der Waals surface area contributed by atoms with E-state index in [1.54, 1.807) is 6.92 Å². The van der Waals surface area contributed by atoms with Crippen molar-refractivity contribution in [3.05, 3.63) is 37.3 Å². The maximum Gasteiger partial charge on any atom is 0.269 e. The fraction of sp³-hybridized carbons (Fsp3) is 0.182. The van der Waals surface area contributed by atoms with Gasteiger partial charge in [0.05, 0.1) is 15.9 Å². The highest BCUT2D eigenvalue weighted by Gasteiger charge is 2.13. The Morgan fingerprint density at radius 2 is 2.11 bits per heavy atom. The number of fused-ring (bicyclic) bond motifs is 1. The molecule has 0 aliphatic heterocycles. The van der Waals surface area contributed by atoms with Crippen LogP contribution in [0.15, 0.2) is 16.9 Å². The number of carbonyl (C=O) groups is 1. The van der Waals surface area contributed by atoms with E-state index in [1.807, 2.05) is 0 Å². The molecule has 0 bridgehead atoms. The molecule has 1 N–H and O–H groups in total. The van der Waals surface area contributed by atoms with Crippen molar-refractivity contribution < 1.29 is 4.79 Å². The van der Waals surface area contributed by atoms with E-state index in [9.17, 15) is 9.59 Å². The monoisotopic (exact) mass is 302 g/mol. The molecule has 0 fully saturated rings. The average Bonchev–Trinajstić information content (AvgIpc) is 2.30. The van der Waals surface area contributed by atoms with Crippen LogP contribution in [0.2, 0.25) is 10.0 Å². The fourth-order valence-corrected chi connectivity index (χ4v) is 2.46. The SMILES string of the molecule is CCC(=O)n1c(=S)[nH]c2c(Cl)cc(Cl)cc2c1=O. The molecule has 4 nitrogen and oxygen atoms in total. The number of aromatic amines is 1. The first-order chi connectivity index (χ1) is 8.45. The number of rotatable bonds is 1. The Hall–Kier alpha value is -1.17. The summed E-state index contributed by atoms with van der Waals surface area (Å²) in [7, 11) is 0. The number of nitrogens with one attached hydrogen (secondary N) is 1. The molecule has 1 aromatic heterocycles. The van der Waals surface area contributed by atoms with E-state index >= 15 is 0 Å². The summed E-state index contributed by atoms with van der Waals surface area (Å²) in [5.41, 5.74) is -0.124. The van der Waals surface area contributed by atoms with E-state index in [2.05, 4.69) is 4.98 Å². The van der Waals surface area contributed by atoms with Crippen LogP contribution < -0.4 is 5.56 Å². The third-order valence-corrected chi connectivity index (χ3v) is 3.28. The molecule has 0 saturated carbocycles. The number of H-pyrrole nitrogens is 1. The van der Waals surface area contributed by atoms with Gasteiger partial charge in [0.2, 0.25) is 5.91 Å². The number of halogens is 2. The first-order valence-corrected chi connectivity index (χ1v) is 6.29. The van der Waals surface area contributed by atoms with Crippen LogP contribution in [-0.4, -0.2) is 15.5 Å². The van der Waals surface area contributed by atoms with Crippen LogP contribution in [0.5, 0.6) is 0 Å². The Labute approximate surface area is 117 Å². The lowest BCUT2D eigenvalue weighted by Crippen LogP contribution is -2.27. The first kappa shape index (κ1) is 13.3. The topological polar surface area (TPSA) is 54.9 Å². The summed E-state index contributed by atoms with van der Waals surface area (Å²) < 4.78 is 0.952. The van der Waals surface area contributed by atoms with E-state index in [4.69, 9.17) is 35.4 Å². The predicted molar refractivity (Wildman–Crippen MR) is 74.3 cm³/mol. The van der Waals surface area contributed by atoms with Gasteiger partial charge in [0, 0.05) is 11.4 Å². The van der Waals surface area contributed by atoms with Crippen molar-refractivity contribution in [2.75, 3.05) is 0 Å². The largest absolute Gasteiger partial charge is 0.330 e. The number of hydrogen-bond acceptors (Lipinski definition) is 3. The molecule has 18 heavy (non-hydrogen) atoms. The zero-order chi connectivity index (χ0) is 13.4. The van der Waals surface area contributed by atoms with E-state index in [-0.39, 0.29) is 27.5 Å². The molecular weight excluding hydrogens is 295 g/mol. The second kappa shape index (κ2) is 4.84. The van der Waals surface area contributed by atoms with Gasteiger partial charge in [-0.3, -0.25) is 9.59 Å². The van der Waals surface area contributed by atoms with Gasteiger partial charge in [0.15, 0.2) is 4.77 Å². The van der Waals surface area contributed by atoms with Gasteiger partial charge in [-0.15, -0.1) is 0 Å². The molecule has 7 heteroatoms. The van der Waals surface area contributed by atoms with Crippen LogP contribution in [-0.2, 0) is 0 Å². The summed E-state index contributed by atoms with van der Waals surface area (Å²) >= 11 is 16.8. The molecule has 2 rings (SSSR count). The summed E-state index contributed by atoms with van der Waals surface area (Å²) in [4.78, 5) is 26.6. The summed E-state index contributed by atoms with van der Waals surface area (Å²) in [6.45, 7) is 1.65. The number of carbonyl (C=O) groups excluding carboxylic acids is 1. The quantitative estimate of drug-likeness (QED) is 0.821. The van der Waals surface area contributed by atoms with Gasteiger partial charge in [0.25, 0.3) is 5.56 Å². The Morgan fingerprint density at radius 1 is 1.44 bits per heavy atom. The zero-order valence-electron chi connectivity index (χ0n) is 9.29. The molecule has 1 aromatic carbocycles. The lowest BCUT2D eigenvalue weighted by atomic mass is 10.2. The van der Waals surface area contributed by atoms with Gasteiger partial charge < -0.3 is 4.98 Å². The van der Waals surface area contributed by atoms with Crippen LogP contribution in [0.3, 0.4) is 0 Å². The van der Waals surface area contributed by atoms with Crippen molar-refractivity contribution in [1.29, 1.82) is 0 Å². The molecule has 1 heterocycles.